The molecule has 0 aromatic heterocycles. The van der Waals surface area contributed by atoms with Crippen LogP contribution in [-0.4, -0.2) is 56.8 Å². The summed E-state index contributed by atoms with van der Waals surface area (Å²) in [4.78, 5) is 14.9. The molecule has 25 heavy (non-hydrogen) atoms. The minimum atomic E-state index is -3.55. The summed E-state index contributed by atoms with van der Waals surface area (Å²) in [5.41, 5.74) is 0.330. The summed E-state index contributed by atoms with van der Waals surface area (Å²) in [7, 11) is -2.05. The summed E-state index contributed by atoms with van der Waals surface area (Å²) in [6, 6.07) is 4.60. The zero-order chi connectivity index (χ0) is 18.0. The van der Waals surface area contributed by atoms with E-state index >= 15 is 0 Å². The fourth-order valence-corrected chi connectivity index (χ4v) is 5.18. The van der Waals surface area contributed by atoms with Gasteiger partial charge in [-0.05, 0) is 49.8 Å². The van der Waals surface area contributed by atoms with Crippen LogP contribution in [0.5, 0.6) is 5.75 Å². The number of ether oxygens (including phenoxy) is 1. The van der Waals surface area contributed by atoms with Crippen molar-refractivity contribution in [2.75, 3.05) is 33.3 Å². The molecule has 2 heterocycles. The second kappa shape index (κ2) is 7.33. The Kier molecular flexibility index (Phi) is 5.34. The van der Waals surface area contributed by atoms with E-state index in [2.05, 4.69) is 6.92 Å². The fourth-order valence-electron chi connectivity index (χ4n) is 3.64. The number of benzene rings is 1. The van der Waals surface area contributed by atoms with Gasteiger partial charge in [-0.1, -0.05) is 6.92 Å². The number of nitrogens with zero attached hydrogens (tertiary/aromatic N) is 2. The van der Waals surface area contributed by atoms with Crippen molar-refractivity contribution in [1.82, 2.24) is 9.21 Å². The lowest BCUT2D eigenvalue weighted by Crippen LogP contribution is -2.39. The molecule has 0 bridgehead atoms. The van der Waals surface area contributed by atoms with Crippen molar-refractivity contribution in [3.8, 4) is 5.75 Å². The van der Waals surface area contributed by atoms with Crippen molar-refractivity contribution in [3.05, 3.63) is 23.8 Å². The van der Waals surface area contributed by atoms with Crippen molar-refractivity contribution < 1.29 is 17.9 Å². The van der Waals surface area contributed by atoms with Gasteiger partial charge in [0.1, 0.15) is 5.75 Å². The topological polar surface area (TPSA) is 66.9 Å². The minimum absolute atomic E-state index is 0.151. The zero-order valence-electron chi connectivity index (χ0n) is 14.9. The molecule has 138 valence electrons. The summed E-state index contributed by atoms with van der Waals surface area (Å²) < 4.78 is 32.4. The van der Waals surface area contributed by atoms with Crippen molar-refractivity contribution >= 4 is 15.9 Å². The number of hydrogen-bond acceptors (Lipinski definition) is 4. The number of carbonyl (C=O) groups is 1. The van der Waals surface area contributed by atoms with Gasteiger partial charge in [0.15, 0.2) is 0 Å². The Balaban J connectivity index is 1.93. The van der Waals surface area contributed by atoms with Crippen LogP contribution in [-0.2, 0) is 10.0 Å². The third kappa shape index (κ3) is 3.67. The highest BCUT2D eigenvalue weighted by Gasteiger charge is 2.30. The van der Waals surface area contributed by atoms with Crippen LogP contribution in [0, 0.1) is 5.92 Å². The fraction of sp³-hybridized carbons (Fsp3) is 0.611. The number of hydrogen-bond donors (Lipinski definition) is 0. The lowest BCUT2D eigenvalue weighted by Gasteiger charge is -2.31. The number of amides is 1. The van der Waals surface area contributed by atoms with Crippen molar-refractivity contribution in [2.45, 2.75) is 37.5 Å². The molecule has 1 atom stereocenters. The molecule has 0 spiro atoms. The Labute approximate surface area is 149 Å². The number of carbonyl (C=O) groups excluding carboxylic acids is 1. The number of piperidine rings is 1. The standard InChI is InChI=1S/C18H26N2O4S/c1-14-6-5-9-19(13-14)18(21)16-12-15(7-8-17(16)24-2)25(22,23)20-10-3-4-11-20/h7-8,12,14H,3-6,9-11,13H2,1-2H3. The third-order valence-electron chi connectivity index (χ3n) is 5.05. The summed E-state index contributed by atoms with van der Waals surface area (Å²) in [6.45, 7) is 4.62. The normalized spacial score (nSPS) is 22.2. The first-order valence-electron chi connectivity index (χ1n) is 8.91. The predicted molar refractivity (Wildman–Crippen MR) is 95.3 cm³/mol. The van der Waals surface area contributed by atoms with Crippen LogP contribution in [0.25, 0.3) is 0 Å². The number of likely N-dealkylation sites (tertiary alicyclic amines) is 1. The first-order chi connectivity index (χ1) is 11.9. The van der Waals surface area contributed by atoms with Crippen molar-refractivity contribution in [1.29, 1.82) is 0 Å². The molecule has 1 unspecified atom stereocenters. The van der Waals surface area contributed by atoms with Crippen LogP contribution in [0.3, 0.4) is 0 Å². The number of methoxy groups -OCH3 is 1. The van der Waals surface area contributed by atoms with Gasteiger partial charge in [-0.25, -0.2) is 8.42 Å². The third-order valence-corrected chi connectivity index (χ3v) is 6.94. The van der Waals surface area contributed by atoms with Gasteiger partial charge in [-0.15, -0.1) is 0 Å². The average Bonchev–Trinajstić information content (AvgIpc) is 3.16. The highest BCUT2D eigenvalue weighted by molar-refractivity contribution is 7.89. The number of sulfonamides is 1. The van der Waals surface area contributed by atoms with Crippen LogP contribution >= 0.6 is 0 Å². The summed E-state index contributed by atoms with van der Waals surface area (Å²) in [6.07, 6.45) is 3.85. The molecule has 1 aromatic carbocycles. The molecule has 7 heteroatoms. The Morgan fingerprint density at radius 1 is 1.16 bits per heavy atom. The quantitative estimate of drug-likeness (QED) is 0.820. The molecular formula is C18H26N2O4S. The molecule has 6 nitrogen and oxygen atoms in total. The Hall–Kier alpha value is -1.60. The van der Waals surface area contributed by atoms with E-state index in [4.69, 9.17) is 4.74 Å². The highest BCUT2D eigenvalue weighted by Crippen LogP contribution is 2.28. The molecule has 0 saturated carbocycles. The first-order valence-corrected chi connectivity index (χ1v) is 10.3. The van der Waals surface area contributed by atoms with Crippen LogP contribution in [0.4, 0.5) is 0 Å². The van der Waals surface area contributed by atoms with Crippen molar-refractivity contribution in [3.63, 3.8) is 0 Å². The van der Waals surface area contributed by atoms with Gasteiger partial charge in [0.2, 0.25) is 10.0 Å². The second-order valence-corrected chi connectivity index (χ2v) is 8.91. The van der Waals surface area contributed by atoms with E-state index in [0.717, 1.165) is 25.7 Å². The van der Waals surface area contributed by atoms with Crippen LogP contribution in [0.15, 0.2) is 23.1 Å². The molecular weight excluding hydrogens is 340 g/mol. The van der Waals surface area contributed by atoms with Gasteiger partial charge in [-0.2, -0.15) is 4.31 Å². The van der Waals surface area contributed by atoms with E-state index in [-0.39, 0.29) is 10.8 Å². The summed E-state index contributed by atoms with van der Waals surface area (Å²) >= 11 is 0. The molecule has 0 N–H and O–H groups in total. The zero-order valence-corrected chi connectivity index (χ0v) is 15.7. The van der Waals surface area contributed by atoms with Gasteiger partial charge in [-0.3, -0.25) is 4.79 Å². The molecule has 0 aliphatic carbocycles. The van der Waals surface area contributed by atoms with E-state index in [1.165, 1.54) is 23.5 Å². The van der Waals surface area contributed by atoms with E-state index in [1.54, 1.807) is 11.0 Å². The molecule has 1 amide bonds. The smallest absolute Gasteiger partial charge is 0.257 e. The van der Waals surface area contributed by atoms with Gasteiger partial charge in [0.05, 0.1) is 17.6 Å². The van der Waals surface area contributed by atoms with Gasteiger partial charge >= 0.3 is 0 Å². The first kappa shape index (κ1) is 18.2. The largest absolute Gasteiger partial charge is 0.496 e. The van der Waals surface area contributed by atoms with Crippen LogP contribution < -0.4 is 4.74 Å². The van der Waals surface area contributed by atoms with Crippen LogP contribution in [0.1, 0.15) is 43.0 Å². The Morgan fingerprint density at radius 3 is 2.52 bits per heavy atom. The summed E-state index contributed by atoms with van der Waals surface area (Å²) in [5.74, 6) is 0.727. The minimum Gasteiger partial charge on any atom is -0.496 e. The lowest BCUT2D eigenvalue weighted by atomic mass is 9.99. The maximum Gasteiger partial charge on any atom is 0.257 e. The van der Waals surface area contributed by atoms with Crippen molar-refractivity contribution in [2.24, 2.45) is 5.92 Å². The van der Waals surface area contributed by atoms with Gasteiger partial charge in [0.25, 0.3) is 5.91 Å². The van der Waals surface area contributed by atoms with E-state index in [1.807, 2.05) is 0 Å². The lowest BCUT2D eigenvalue weighted by molar-refractivity contribution is 0.0679. The van der Waals surface area contributed by atoms with E-state index in [9.17, 15) is 13.2 Å². The molecule has 2 fully saturated rings. The SMILES string of the molecule is COc1ccc(S(=O)(=O)N2CCCC2)cc1C(=O)N1CCCC(C)C1. The highest BCUT2D eigenvalue weighted by atomic mass is 32.2. The molecule has 2 aliphatic rings. The Bertz CT molecular complexity index is 741. The summed E-state index contributed by atoms with van der Waals surface area (Å²) in [5, 5.41) is 0. The maximum atomic E-state index is 13.0. The molecule has 2 saturated heterocycles. The monoisotopic (exact) mass is 366 g/mol. The number of rotatable bonds is 4. The molecule has 1 aromatic rings. The predicted octanol–water partition coefficient (Wildman–Crippen LogP) is 2.35. The average molecular weight is 366 g/mol. The molecule has 2 aliphatic heterocycles. The van der Waals surface area contributed by atoms with E-state index < -0.39 is 10.0 Å². The van der Waals surface area contributed by atoms with Gasteiger partial charge < -0.3 is 9.64 Å². The molecule has 3 rings (SSSR count). The second-order valence-electron chi connectivity index (χ2n) is 6.97. The maximum absolute atomic E-state index is 13.0. The molecule has 0 radical (unpaired) electrons. The van der Waals surface area contributed by atoms with Gasteiger partial charge in [0, 0.05) is 26.2 Å². The van der Waals surface area contributed by atoms with E-state index in [0.29, 0.717) is 43.4 Å². The van der Waals surface area contributed by atoms with Crippen LogP contribution in [0.2, 0.25) is 0 Å². The Morgan fingerprint density at radius 2 is 1.88 bits per heavy atom.